The maximum absolute atomic E-state index is 10.9. The van der Waals surface area contributed by atoms with Crippen LogP contribution in [-0.2, 0) is 18.0 Å². The fraction of sp³-hybridized carbons (Fsp3) is 0.214. The number of rotatable bonds is 5. The van der Waals surface area contributed by atoms with E-state index in [4.69, 9.17) is 9.84 Å². The molecule has 0 saturated carbocycles. The van der Waals surface area contributed by atoms with E-state index in [1.807, 2.05) is 31.2 Å². The molecule has 0 aliphatic carbocycles. The second kappa shape index (κ2) is 6.32. The molecule has 0 aliphatic rings. The summed E-state index contributed by atoms with van der Waals surface area (Å²) in [6, 6.07) is 9.61. The van der Waals surface area contributed by atoms with Crippen LogP contribution in [-0.4, -0.2) is 11.1 Å². The van der Waals surface area contributed by atoms with Crippen molar-refractivity contribution in [3.8, 4) is 0 Å². The maximum atomic E-state index is 10.9. The number of carboxylic acids is 1. The first-order chi connectivity index (χ1) is 9.06. The fourth-order valence-electron chi connectivity index (χ4n) is 1.63. The number of hydrogen-bond acceptors (Lipinski definition) is 3. The zero-order valence-corrected chi connectivity index (χ0v) is 12.8. The Morgan fingerprint density at radius 3 is 2.58 bits per heavy atom. The van der Waals surface area contributed by atoms with Crippen molar-refractivity contribution < 1.29 is 14.6 Å². The van der Waals surface area contributed by atoms with Crippen LogP contribution in [0.4, 0.5) is 0 Å². The summed E-state index contributed by atoms with van der Waals surface area (Å²) in [5.41, 5.74) is 2.04. The number of carboxylic acid groups (broad SMARTS) is 1. The molecule has 2 rings (SSSR count). The van der Waals surface area contributed by atoms with Crippen LogP contribution in [0, 0.1) is 6.92 Å². The van der Waals surface area contributed by atoms with Gasteiger partial charge >= 0.3 is 5.97 Å². The van der Waals surface area contributed by atoms with Crippen molar-refractivity contribution >= 4 is 33.2 Å². The topological polar surface area (TPSA) is 46.5 Å². The summed E-state index contributed by atoms with van der Waals surface area (Å²) < 4.78 is 6.66. The molecule has 2 aromatic rings. The van der Waals surface area contributed by atoms with Crippen molar-refractivity contribution in [2.24, 2.45) is 0 Å². The lowest BCUT2D eigenvalue weighted by molar-refractivity contribution is 0.0701. The number of hydrogen-bond donors (Lipinski definition) is 1. The Morgan fingerprint density at radius 1 is 1.32 bits per heavy atom. The molecule has 5 heteroatoms. The van der Waals surface area contributed by atoms with Crippen LogP contribution in [0.1, 0.15) is 25.7 Å². The number of aryl methyl sites for hydroxylation is 1. The zero-order chi connectivity index (χ0) is 13.8. The Morgan fingerprint density at radius 2 is 2.00 bits per heavy atom. The molecule has 0 saturated heterocycles. The fourth-order valence-corrected chi connectivity index (χ4v) is 2.76. The van der Waals surface area contributed by atoms with E-state index in [-0.39, 0.29) is 0 Å². The Balaban J connectivity index is 1.92. The van der Waals surface area contributed by atoms with Gasteiger partial charge in [-0.3, -0.25) is 0 Å². The lowest BCUT2D eigenvalue weighted by Gasteiger charge is -2.04. The summed E-state index contributed by atoms with van der Waals surface area (Å²) >= 11 is 4.67. The third-order valence-corrected chi connectivity index (χ3v) is 4.28. The van der Waals surface area contributed by atoms with E-state index in [0.717, 1.165) is 20.5 Å². The number of ether oxygens (including phenoxy) is 1. The summed E-state index contributed by atoms with van der Waals surface area (Å²) in [7, 11) is 0. The standard InChI is InChI=1S/C14H13BrO3S/c1-9-11(6-13(19-9)14(16)17)8-18-7-10-2-4-12(15)5-3-10/h2-6H,7-8H2,1H3,(H,16,17). The minimum atomic E-state index is -0.882. The predicted octanol–water partition coefficient (Wildman–Crippen LogP) is 4.23. The van der Waals surface area contributed by atoms with E-state index in [1.165, 1.54) is 11.3 Å². The van der Waals surface area contributed by atoms with Gasteiger partial charge in [-0.15, -0.1) is 11.3 Å². The molecule has 0 fully saturated rings. The smallest absolute Gasteiger partial charge is 0.345 e. The number of carbonyl (C=O) groups is 1. The Labute approximate surface area is 124 Å². The van der Waals surface area contributed by atoms with Crippen LogP contribution in [0.25, 0.3) is 0 Å². The van der Waals surface area contributed by atoms with E-state index in [1.54, 1.807) is 6.07 Å². The monoisotopic (exact) mass is 340 g/mol. The lowest BCUT2D eigenvalue weighted by atomic mass is 10.2. The molecule has 100 valence electrons. The highest BCUT2D eigenvalue weighted by molar-refractivity contribution is 9.10. The van der Waals surface area contributed by atoms with Gasteiger partial charge in [-0.25, -0.2) is 4.79 Å². The van der Waals surface area contributed by atoms with Crippen molar-refractivity contribution in [3.05, 3.63) is 55.7 Å². The highest BCUT2D eigenvalue weighted by Crippen LogP contribution is 2.22. The van der Waals surface area contributed by atoms with Crippen LogP contribution in [0.3, 0.4) is 0 Å². The van der Waals surface area contributed by atoms with Crippen molar-refractivity contribution in [1.82, 2.24) is 0 Å². The largest absolute Gasteiger partial charge is 0.477 e. The van der Waals surface area contributed by atoms with E-state index in [9.17, 15) is 4.79 Å². The van der Waals surface area contributed by atoms with Crippen LogP contribution < -0.4 is 0 Å². The van der Waals surface area contributed by atoms with E-state index < -0.39 is 5.97 Å². The summed E-state index contributed by atoms with van der Waals surface area (Å²) in [6.45, 7) is 2.87. The van der Waals surface area contributed by atoms with Gasteiger partial charge < -0.3 is 9.84 Å². The number of benzene rings is 1. The van der Waals surface area contributed by atoms with Crippen LogP contribution in [0.15, 0.2) is 34.8 Å². The molecule has 0 aliphatic heterocycles. The quantitative estimate of drug-likeness (QED) is 0.885. The lowest BCUT2D eigenvalue weighted by Crippen LogP contribution is -1.95. The van der Waals surface area contributed by atoms with Gasteiger partial charge in [0.05, 0.1) is 13.2 Å². The van der Waals surface area contributed by atoms with Crippen LogP contribution >= 0.6 is 27.3 Å². The first kappa shape index (κ1) is 14.2. The van der Waals surface area contributed by atoms with Gasteiger partial charge in [0, 0.05) is 9.35 Å². The average Bonchev–Trinajstić information content (AvgIpc) is 2.74. The van der Waals surface area contributed by atoms with Gasteiger partial charge in [-0.05, 0) is 36.2 Å². The third kappa shape index (κ3) is 3.89. The van der Waals surface area contributed by atoms with Gasteiger partial charge in [-0.1, -0.05) is 28.1 Å². The average molecular weight is 341 g/mol. The molecule has 1 heterocycles. The molecular weight excluding hydrogens is 328 g/mol. The van der Waals surface area contributed by atoms with Gasteiger partial charge in [0.2, 0.25) is 0 Å². The number of aromatic carboxylic acids is 1. The molecular formula is C14H13BrO3S. The highest BCUT2D eigenvalue weighted by atomic mass is 79.9. The Hall–Kier alpha value is -1.17. The van der Waals surface area contributed by atoms with E-state index >= 15 is 0 Å². The van der Waals surface area contributed by atoms with Crippen LogP contribution in [0.5, 0.6) is 0 Å². The zero-order valence-electron chi connectivity index (χ0n) is 10.4. The molecule has 1 aromatic heterocycles. The molecule has 0 radical (unpaired) electrons. The second-order valence-corrected chi connectivity index (χ2v) is 6.29. The predicted molar refractivity (Wildman–Crippen MR) is 78.7 cm³/mol. The third-order valence-electron chi connectivity index (χ3n) is 2.67. The van der Waals surface area contributed by atoms with E-state index in [2.05, 4.69) is 15.9 Å². The van der Waals surface area contributed by atoms with Crippen molar-refractivity contribution in [2.75, 3.05) is 0 Å². The molecule has 0 atom stereocenters. The Kier molecular flexibility index (Phi) is 4.74. The highest BCUT2D eigenvalue weighted by Gasteiger charge is 2.10. The molecule has 0 amide bonds. The molecule has 0 unspecified atom stereocenters. The van der Waals surface area contributed by atoms with Crippen molar-refractivity contribution in [1.29, 1.82) is 0 Å². The van der Waals surface area contributed by atoms with Gasteiger partial charge in [0.1, 0.15) is 4.88 Å². The van der Waals surface area contributed by atoms with Crippen LogP contribution in [0.2, 0.25) is 0 Å². The first-order valence-electron chi connectivity index (χ1n) is 5.71. The molecule has 1 aromatic carbocycles. The van der Waals surface area contributed by atoms with Crippen molar-refractivity contribution in [3.63, 3.8) is 0 Å². The Bertz CT molecular complexity index is 575. The van der Waals surface area contributed by atoms with E-state index in [0.29, 0.717) is 18.1 Å². The molecule has 1 N–H and O–H groups in total. The molecule has 19 heavy (non-hydrogen) atoms. The van der Waals surface area contributed by atoms with Crippen molar-refractivity contribution in [2.45, 2.75) is 20.1 Å². The minimum absolute atomic E-state index is 0.361. The minimum Gasteiger partial charge on any atom is -0.477 e. The van der Waals surface area contributed by atoms with Gasteiger partial charge in [-0.2, -0.15) is 0 Å². The molecule has 3 nitrogen and oxygen atoms in total. The molecule has 0 spiro atoms. The van der Waals surface area contributed by atoms with Gasteiger partial charge in [0.25, 0.3) is 0 Å². The summed E-state index contributed by atoms with van der Waals surface area (Å²) in [4.78, 5) is 12.2. The SMILES string of the molecule is Cc1sc(C(=O)O)cc1COCc1ccc(Br)cc1. The normalized spacial score (nSPS) is 10.6. The summed E-state index contributed by atoms with van der Waals surface area (Å²) in [5.74, 6) is -0.882. The molecule has 0 bridgehead atoms. The number of thiophene rings is 1. The first-order valence-corrected chi connectivity index (χ1v) is 7.32. The summed E-state index contributed by atoms with van der Waals surface area (Å²) in [6.07, 6.45) is 0. The maximum Gasteiger partial charge on any atom is 0.345 e. The number of halogens is 1. The van der Waals surface area contributed by atoms with Gasteiger partial charge in [0.15, 0.2) is 0 Å². The second-order valence-electron chi connectivity index (χ2n) is 4.12. The summed E-state index contributed by atoms with van der Waals surface area (Å²) in [5, 5.41) is 8.92.